The van der Waals surface area contributed by atoms with Crippen LogP contribution in [0.5, 0.6) is 28.7 Å². The first-order valence-electron chi connectivity index (χ1n) is 16.5. The normalized spacial score (nSPS) is 27.5. The Kier molecular flexibility index (Phi) is 11.4. The van der Waals surface area contributed by atoms with Crippen LogP contribution in [-0.4, -0.2) is 87.0 Å². The summed E-state index contributed by atoms with van der Waals surface area (Å²) in [6.45, 7) is 4.47. The molecule has 3 aliphatic heterocycles. The van der Waals surface area contributed by atoms with Crippen molar-refractivity contribution in [2.45, 2.75) is 69.8 Å². The van der Waals surface area contributed by atoms with E-state index in [1.54, 1.807) is 37.3 Å². The summed E-state index contributed by atoms with van der Waals surface area (Å²) in [5.74, 6) is 2.30. The predicted molar refractivity (Wildman–Crippen MR) is 176 cm³/mol. The van der Waals surface area contributed by atoms with Gasteiger partial charge in [-0.05, 0) is 85.8 Å². The third-order valence-corrected chi connectivity index (χ3v) is 8.96. The average molecular weight is 712 g/mol. The fourth-order valence-electron chi connectivity index (χ4n) is 6.35. The summed E-state index contributed by atoms with van der Waals surface area (Å²) in [5, 5.41) is 21.3. The smallest absolute Gasteiger partial charge is 0.493 e. The zero-order valence-electron chi connectivity index (χ0n) is 28.3. The van der Waals surface area contributed by atoms with E-state index in [1.807, 2.05) is 31.2 Å². The molecule has 0 bridgehead atoms. The zero-order valence-corrected chi connectivity index (χ0v) is 28.3. The van der Waals surface area contributed by atoms with E-state index >= 15 is 0 Å². The van der Waals surface area contributed by atoms with Crippen molar-refractivity contribution in [3.05, 3.63) is 71.3 Å². The van der Waals surface area contributed by atoms with Gasteiger partial charge in [-0.2, -0.15) is 0 Å². The molecule has 3 heterocycles. The van der Waals surface area contributed by atoms with Crippen molar-refractivity contribution >= 4 is 18.3 Å². The number of para-hydroxylation sites is 1. The number of rotatable bonds is 8. The maximum absolute atomic E-state index is 11.8. The molecule has 0 spiro atoms. The quantitative estimate of drug-likeness (QED) is 0.133. The number of nitrogen functional groups attached to an aromatic ring is 1. The van der Waals surface area contributed by atoms with Gasteiger partial charge in [0.1, 0.15) is 30.2 Å². The largest absolute Gasteiger partial charge is 0.519 e. The Morgan fingerprint density at radius 1 is 1.02 bits per heavy atom. The monoisotopic (exact) mass is 711 g/mol. The predicted octanol–water partition coefficient (Wildman–Crippen LogP) is 3.58. The number of hydrogen-bond donors (Lipinski definition) is 3. The third kappa shape index (κ3) is 8.30. The first-order chi connectivity index (χ1) is 24.6. The van der Waals surface area contributed by atoms with E-state index in [-0.39, 0.29) is 25.9 Å². The topological polar surface area (TPSA) is 193 Å². The van der Waals surface area contributed by atoms with Crippen molar-refractivity contribution < 1.29 is 67.2 Å². The Bertz CT molecular complexity index is 1670. The number of benzene rings is 3. The second-order valence-electron chi connectivity index (χ2n) is 12.3. The molecule has 0 aromatic heterocycles. The van der Waals surface area contributed by atoms with Crippen LogP contribution in [0.4, 0.5) is 10.5 Å². The lowest BCUT2D eigenvalue weighted by Gasteiger charge is -2.47. The molecule has 0 radical (unpaired) electrons. The minimum absolute atomic E-state index is 0.152. The van der Waals surface area contributed by atoms with Crippen LogP contribution < -0.4 is 29.4 Å². The molecule has 8 unspecified atom stereocenters. The van der Waals surface area contributed by atoms with E-state index < -0.39 is 49.3 Å². The molecule has 2 saturated heterocycles. The van der Waals surface area contributed by atoms with Gasteiger partial charge < -0.3 is 63.3 Å². The Balaban J connectivity index is 0.000000194. The van der Waals surface area contributed by atoms with Gasteiger partial charge in [-0.1, -0.05) is 12.1 Å². The highest BCUT2D eigenvalue weighted by Crippen LogP contribution is 2.45. The molecule has 8 atom stereocenters. The lowest BCUT2D eigenvalue weighted by Crippen LogP contribution is -2.63. The maximum atomic E-state index is 11.8. The molecule has 7 rings (SSSR count). The Morgan fingerprint density at radius 2 is 1.78 bits per heavy atom. The molecule has 51 heavy (non-hydrogen) atoms. The summed E-state index contributed by atoms with van der Waals surface area (Å²) >= 11 is 0. The van der Waals surface area contributed by atoms with Crippen LogP contribution in [0.15, 0.2) is 54.6 Å². The van der Waals surface area contributed by atoms with Crippen molar-refractivity contribution in [3.63, 3.8) is 0 Å². The van der Waals surface area contributed by atoms with E-state index in [0.29, 0.717) is 47.3 Å². The second-order valence-corrected chi connectivity index (χ2v) is 12.3. The van der Waals surface area contributed by atoms with E-state index in [9.17, 15) is 19.8 Å². The van der Waals surface area contributed by atoms with Gasteiger partial charge in [-0.25, -0.2) is 4.79 Å². The van der Waals surface area contributed by atoms with Crippen molar-refractivity contribution in [3.8, 4) is 28.7 Å². The lowest BCUT2D eigenvalue weighted by atomic mass is 9.81. The van der Waals surface area contributed by atoms with E-state index in [0.717, 1.165) is 23.1 Å². The van der Waals surface area contributed by atoms with Crippen LogP contribution in [-0.2, 0) is 34.9 Å². The van der Waals surface area contributed by atoms with Crippen molar-refractivity contribution in [2.24, 2.45) is 5.92 Å². The summed E-state index contributed by atoms with van der Waals surface area (Å²) < 4.78 is 54.7. The fourth-order valence-corrected chi connectivity index (χ4v) is 6.35. The van der Waals surface area contributed by atoms with Gasteiger partial charge in [0.15, 0.2) is 35.6 Å². The van der Waals surface area contributed by atoms with E-state index in [2.05, 4.69) is 0 Å². The van der Waals surface area contributed by atoms with E-state index in [4.69, 9.17) is 53.1 Å². The van der Waals surface area contributed by atoms with Crippen LogP contribution in [0.1, 0.15) is 36.1 Å². The van der Waals surface area contributed by atoms with Crippen LogP contribution in [0.2, 0.25) is 0 Å². The molecule has 15 nitrogen and oxygen atoms in total. The van der Waals surface area contributed by atoms with Gasteiger partial charge >= 0.3 is 6.16 Å². The molecular weight excluding hydrogens is 670 g/mol. The van der Waals surface area contributed by atoms with Gasteiger partial charge in [-0.3, -0.25) is 4.79 Å². The summed E-state index contributed by atoms with van der Waals surface area (Å²) in [5.41, 5.74) is 8.80. The number of fused-ring (bicyclic) bond motifs is 3. The molecule has 0 saturated carbocycles. The molecule has 274 valence electrons. The Morgan fingerprint density at radius 3 is 2.53 bits per heavy atom. The van der Waals surface area contributed by atoms with Crippen LogP contribution in [0.25, 0.3) is 0 Å². The fraction of sp³-hybridized carbons (Fsp3) is 0.444. The van der Waals surface area contributed by atoms with Gasteiger partial charge in [-0.15, -0.1) is 0 Å². The maximum Gasteiger partial charge on any atom is 0.519 e. The van der Waals surface area contributed by atoms with Crippen molar-refractivity contribution in [1.29, 1.82) is 0 Å². The third-order valence-electron chi connectivity index (χ3n) is 8.96. The molecule has 15 heteroatoms. The first-order valence-corrected chi connectivity index (χ1v) is 16.5. The second kappa shape index (κ2) is 16.1. The minimum atomic E-state index is -1.32. The summed E-state index contributed by atoms with van der Waals surface area (Å²) in [6, 6.07) is 15.6. The highest BCUT2D eigenvalue weighted by Gasteiger charge is 2.50. The number of anilines is 1. The van der Waals surface area contributed by atoms with E-state index in [1.165, 1.54) is 7.11 Å². The number of carbonyl (C=O) groups excluding carboxylic acids is 2. The number of aryl methyl sites for hydroxylation is 2. The van der Waals surface area contributed by atoms with Gasteiger partial charge in [0, 0.05) is 11.6 Å². The first kappa shape index (κ1) is 36.2. The van der Waals surface area contributed by atoms with Gasteiger partial charge in [0.2, 0.25) is 6.79 Å². The minimum Gasteiger partial charge on any atom is -0.493 e. The highest BCUT2D eigenvalue weighted by atomic mass is 16.8. The molecule has 4 N–H and O–H groups in total. The SMILES string of the molecule is CC1OCC2OC(OC3c4cc5c(cc4CCC3COC=O)OCO5)C(O)C(O)C2O1.COc1cccc(C)c1OC(=O)Oc1ccc(N)cc1. The molecule has 1 aliphatic carbocycles. The average Bonchev–Trinajstić information content (AvgIpc) is 3.59. The Hall–Kier alpha value is -4.64. The number of aliphatic hydroxyl groups excluding tert-OH is 2. The van der Waals surface area contributed by atoms with Crippen LogP contribution >= 0.6 is 0 Å². The van der Waals surface area contributed by atoms with Crippen molar-refractivity contribution in [2.75, 3.05) is 32.9 Å². The lowest BCUT2D eigenvalue weighted by molar-refractivity contribution is -0.364. The number of methoxy groups -OCH3 is 1. The summed E-state index contributed by atoms with van der Waals surface area (Å²) in [4.78, 5) is 22.6. The molecule has 4 aliphatic rings. The number of ether oxygens (including phenoxy) is 10. The molecule has 0 amide bonds. The summed E-state index contributed by atoms with van der Waals surface area (Å²) in [6.07, 6.45) is -5.34. The molecular formula is C36H41NO14. The number of carbonyl (C=O) groups is 2. The molecule has 2 fully saturated rings. The molecule has 3 aromatic carbocycles. The number of aliphatic hydroxyl groups is 2. The summed E-state index contributed by atoms with van der Waals surface area (Å²) in [7, 11) is 1.51. The van der Waals surface area contributed by atoms with Crippen LogP contribution in [0, 0.1) is 12.8 Å². The van der Waals surface area contributed by atoms with Crippen molar-refractivity contribution in [1.82, 2.24) is 0 Å². The number of nitrogens with two attached hydrogens (primary N) is 1. The van der Waals surface area contributed by atoms with Gasteiger partial charge in [0.25, 0.3) is 6.47 Å². The van der Waals surface area contributed by atoms with Crippen LogP contribution in [0.3, 0.4) is 0 Å². The Labute approximate surface area is 293 Å². The molecule has 3 aromatic rings. The zero-order chi connectivity index (χ0) is 36.1. The van der Waals surface area contributed by atoms with Gasteiger partial charge in [0.05, 0.1) is 26.4 Å². The number of hydrogen-bond acceptors (Lipinski definition) is 15. The standard InChI is InChI=1S/C21H26O10.C15H15NO4/c1-10-26-7-16-20(29-10)17(23)18(24)21(30-16)31-19-12(6-25-8-22)3-2-11-4-14-15(5-13(11)19)28-9-27-14;1-10-4-3-5-13(18-2)14(10)20-15(17)19-12-8-6-11(16)7-9-12/h4-5,8,10,12,16-21,23-24H,2-3,6-7,9H2,1H3;3-9H,16H2,1-2H3. The highest BCUT2D eigenvalue weighted by molar-refractivity contribution is 5.69.